The Labute approximate surface area is 155 Å². The van der Waals surface area contributed by atoms with Crippen molar-refractivity contribution in [1.82, 2.24) is 4.98 Å². The van der Waals surface area contributed by atoms with Crippen LogP contribution in [0.4, 0.5) is 11.4 Å². The van der Waals surface area contributed by atoms with Crippen molar-refractivity contribution >= 4 is 35.0 Å². The fourth-order valence-corrected chi connectivity index (χ4v) is 3.22. The number of nitrogens with one attached hydrogen (secondary N) is 2. The van der Waals surface area contributed by atoms with Gasteiger partial charge in [0.05, 0.1) is 5.56 Å². The topological polar surface area (TPSA) is 71.1 Å². The van der Waals surface area contributed by atoms with Crippen molar-refractivity contribution < 1.29 is 9.59 Å². The van der Waals surface area contributed by atoms with E-state index in [1.54, 1.807) is 42.6 Å². The fraction of sp³-hybridized carbons (Fsp3) is 0.0500. The number of rotatable bonds is 5. The van der Waals surface area contributed by atoms with Crippen LogP contribution < -0.4 is 10.6 Å². The van der Waals surface area contributed by atoms with Crippen LogP contribution in [0.25, 0.3) is 0 Å². The molecule has 0 atom stereocenters. The quantitative estimate of drug-likeness (QED) is 0.703. The molecule has 6 heteroatoms. The first-order valence-electron chi connectivity index (χ1n) is 7.99. The number of amides is 2. The second-order valence-corrected chi connectivity index (χ2v) is 6.55. The van der Waals surface area contributed by atoms with Crippen LogP contribution in [0.2, 0.25) is 0 Å². The van der Waals surface area contributed by atoms with Gasteiger partial charge in [-0.15, -0.1) is 0 Å². The lowest BCUT2D eigenvalue weighted by Gasteiger charge is -2.10. The molecule has 1 heterocycles. The van der Waals surface area contributed by atoms with Gasteiger partial charge in [-0.3, -0.25) is 9.59 Å². The molecule has 0 saturated heterocycles. The van der Waals surface area contributed by atoms with E-state index in [1.165, 1.54) is 18.7 Å². The SMILES string of the molecule is CC(=O)Nc1cccc(NC(=O)c2cccnc2Sc2ccccc2)c1. The lowest BCUT2D eigenvalue weighted by molar-refractivity contribution is -0.114. The van der Waals surface area contributed by atoms with Gasteiger partial charge in [0, 0.05) is 29.4 Å². The van der Waals surface area contributed by atoms with Crippen molar-refractivity contribution in [2.45, 2.75) is 16.8 Å². The number of aromatic nitrogens is 1. The Balaban J connectivity index is 1.79. The van der Waals surface area contributed by atoms with Gasteiger partial charge in [0.15, 0.2) is 0 Å². The summed E-state index contributed by atoms with van der Waals surface area (Å²) in [7, 11) is 0. The molecule has 5 nitrogen and oxygen atoms in total. The Morgan fingerprint density at radius 2 is 1.62 bits per heavy atom. The van der Waals surface area contributed by atoms with Gasteiger partial charge in [-0.2, -0.15) is 0 Å². The maximum absolute atomic E-state index is 12.7. The van der Waals surface area contributed by atoms with E-state index in [2.05, 4.69) is 15.6 Å². The van der Waals surface area contributed by atoms with Crippen LogP contribution in [0.15, 0.2) is 82.8 Å². The van der Waals surface area contributed by atoms with Crippen molar-refractivity contribution in [3.8, 4) is 0 Å². The maximum Gasteiger partial charge on any atom is 0.258 e. The Morgan fingerprint density at radius 3 is 2.35 bits per heavy atom. The smallest absolute Gasteiger partial charge is 0.258 e. The molecule has 0 aliphatic rings. The highest BCUT2D eigenvalue weighted by Crippen LogP contribution is 2.29. The number of pyridine rings is 1. The molecule has 3 aromatic rings. The summed E-state index contributed by atoms with van der Waals surface area (Å²) in [4.78, 5) is 29.2. The fourth-order valence-electron chi connectivity index (χ4n) is 2.32. The second kappa shape index (κ2) is 8.31. The second-order valence-electron chi connectivity index (χ2n) is 5.49. The summed E-state index contributed by atoms with van der Waals surface area (Å²) in [6.45, 7) is 1.44. The molecule has 0 unspecified atom stereocenters. The summed E-state index contributed by atoms with van der Waals surface area (Å²) in [5, 5.41) is 6.18. The minimum absolute atomic E-state index is 0.165. The molecule has 1 aromatic heterocycles. The molecule has 0 aliphatic heterocycles. The third-order valence-electron chi connectivity index (χ3n) is 3.41. The minimum atomic E-state index is -0.253. The van der Waals surface area contributed by atoms with E-state index in [1.807, 2.05) is 30.3 Å². The van der Waals surface area contributed by atoms with E-state index in [4.69, 9.17) is 0 Å². The van der Waals surface area contributed by atoms with Gasteiger partial charge in [0.2, 0.25) is 5.91 Å². The van der Waals surface area contributed by atoms with E-state index < -0.39 is 0 Å². The van der Waals surface area contributed by atoms with Crippen LogP contribution in [0.5, 0.6) is 0 Å². The average Bonchev–Trinajstić information content (AvgIpc) is 2.63. The number of anilines is 2. The van der Waals surface area contributed by atoms with Gasteiger partial charge in [-0.25, -0.2) is 4.98 Å². The first-order valence-corrected chi connectivity index (χ1v) is 8.80. The van der Waals surface area contributed by atoms with Gasteiger partial charge in [0.1, 0.15) is 5.03 Å². The third-order valence-corrected chi connectivity index (χ3v) is 4.44. The first-order chi connectivity index (χ1) is 12.6. The average molecular weight is 363 g/mol. The minimum Gasteiger partial charge on any atom is -0.326 e. The van der Waals surface area contributed by atoms with Crippen LogP contribution >= 0.6 is 11.8 Å². The largest absolute Gasteiger partial charge is 0.326 e. The van der Waals surface area contributed by atoms with Gasteiger partial charge < -0.3 is 10.6 Å². The highest BCUT2D eigenvalue weighted by Gasteiger charge is 2.14. The number of hydrogen-bond donors (Lipinski definition) is 2. The van der Waals surface area contributed by atoms with Crippen LogP contribution in [0, 0.1) is 0 Å². The first kappa shape index (κ1) is 17.7. The normalized spacial score (nSPS) is 10.2. The lowest BCUT2D eigenvalue weighted by atomic mass is 10.2. The molecule has 2 amide bonds. The van der Waals surface area contributed by atoms with Crippen LogP contribution in [-0.2, 0) is 4.79 Å². The Hall–Kier alpha value is -3.12. The molecule has 0 radical (unpaired) electrons. The molecule has 0 fully saturated rings. The van der Waals surface area contributed by atoms with E-state index >= 15 is 0 Å². The monoisotopic (exact) mass is 363 g/mol. The molecule has 130 valence electrons. The Bertz CT molecular complexity index is 929. The van der Waals surface area contributed by atoms with E-state index in [0.717, 1.165) is 4.90 Å². The Kier molecular flexibility index (Phi) is 5.66. The zero-order valence-corrected chi connectivity index (χ0v) is 14.9. The summed E-state index contributed by atoms with van der Waals surface area (Å²) in [5.74, 6) is -0.418. The van der Waals surface area contributed by atoms with Crippen molar-refractivity contribution in [3.63, 3.8) is 0 Å². The molecule has 3 rings (SSSR count). The molecular formula is C20H17N3O2S. The molecule has 2 aromatic carbocycles. The van der Waals surface area contributed by atoms with Gasteiger partial charge in [0.25, 0.3) is 5.91 Å². The summed E-state index contributed by atoms with van der Waals surface area (Å²) in [5.41, 5.74) is 1.72. The predicted molar refractivity (Wildman–Crippen MR) is 104 cm³/mol. The van der Waals surface area contributed by atoms with Crippen molar-refractivity contribution in [2.75, 3.05) is 10.6 Å². The zero-order valence-electron chi connectivity index (χ0n) is 14.1. The zero-order chi connectivity index (χ0) is 18.4. The van der Waals surface area contributed by atoms with Gasteiger partial charge >= 0.3 is 0 Å². The highest BCUT2D eigenvalue weighted by atomic mass is 32.2. The molecule has 2 N–H and O–H groups in total. The third kappa shape index (κ3) is 4.70. The van der Waals surface area contributed by atoms with Gasteiger partial charge in [-0.1, -0.05) is 36.0 Å². The standard InChI is InChI=1S/C20H17N3O2S/c1-14(24)22-15-7-5-8-16(13-15)23-19(25)18-11-6-12-21-20(18)26-17-9-3-2-4-10-17/h2-13H,1H3,(H,22,24)(H,23,25). The summed E-state index contributed by atoms with van der Waals surface area (Å²) in [6, 6.07) is 20.2. The molecule has 0 spiro atoms. The van der Waals surface area contributed by atoms with Crippen molar-refractivity contribution in [2.24, 2.45) is 0 Å². The summed E-state index contributed by atoms with van der Waals surface area (Å²) < 4.78 is 0. The number of carbonyl (C=O) groups is 2. The molecule has 0 saturated carbocycles. The van der Waals surface area contributed by atoms with E-state index in [-0.39, 0.29) is 11.8 Å². The van der Waals surface area contributed by atoms with E-state index in [9.17, 15) is 9.59 Å². The molecule has 0 bridgehead atoms. The number of carbonyl (C=O) groups excluding carboxylic acids is 2. The van der Waals surface area contributed by atoms with E-state index in [0.29, 0.717) is 22.0 Å². The van der Waals surface area contributed by atoms with Crippen LogP contribution in [0.1, 0.15) is 17.3 Å². The number of hydrogen-bond acceptors (Lipinski definition) is 4. The molecular weight excluding hydrogens is 346 g/mol. The highest BCUT2D eigenvalue weighted by molar-refractivity contribution is 7.99. The molecule has 26 heavy (non-hydrogen) atoms. The summed E-state index contributed by atoms with van der Waals surface area (Å²) in [6.07, 6.45) is 1.67. The van der Waals surface area contributed by atoms with Crippen molar-refractivity contribution in [1.29, 1.82) is 0 Å². The van der Waals surface area contributed by atoms with Crippen molar-refractivity contribution in [3.05, 3.63) is 78.5 Å². The number of nitrogens with zero attached hydrogens (tertiary/aromatic N) is 1. The maximum atomic E-state index is 12.7. The molecule has 0 aliphatic carbocycles. The van der Waals surface area contributed by atoms with Crippen LogP contribution in [0.3, 0.4) is 0 Å². The van der Waals surface area contributed by atoms with Crippen LogP contribution in [-0.4, -0.2) is 16.8 Å². The lowest BCUT2D eigenvalue weighted by Crippen LogP contribution is -2.14. The Morgan fingerprint density at radius 1 is 0.885 bits per heavy atom. The van der Waals surface area contributed by atoms with Gasteiger partial charge in [-0.05, 0) is 42.5 Å². The predicted octanol–water partition coefficient (Wildman–Crippen LogP) is 4.44. The number of benzene rings is 2. The summed E-state index contributed by atoms with van der Waals surface area (Å²) >= 11 is 1.44.